The maximum atomic E-state index is 12.4. The number of likely N-dealkylation sites (N-methyl/N-ethyl adjacent to an activating group) is 1. The molecule has 1 rings (SSSR count). The number of hydrogen-bond donors (Lipinski definition) is 1. The Morgan fingerprint density at radius 3 is 2.52 bits per heavy atom. The van der Waals surface area contributed by atoms with Gasteiger partial charge in [-0.3, -0.25) is 4.79 Å². The number of carbonyl (C=O) groups excluding carboxylic acids is 1. The molecule has 5 nitrogen and oxygen atoms in total. The van der Waals surface area contributed by atoms with Crippen molar-refractivity contribution in [1.29, 1.82) is 0 Å². The third-order valence-electron chi connectivity index (χ3n) is 2.99. The van der Waals surface area contributed by atoms with E-state index in [9.17, 15) is 4.79 Å². The molecule has 0 atom stereocenters. The van der Waals surface area contributed by atoms with Gasteiger partial charge in [0.2, 0.25) is 0 Å². The average molecular weight is 295 g/mol. The van der Waals surface area contributed by atoms with Crippen molar-refractivity contribution >= 4 is 5.91 Å². The SMILES string of the molecule is CCCOc1ccc(C(=O)N(CC)CCO)cc1OCC. The van der Waals surface area contributed by atoms with Crippen molar-refractivity contribution in [2.45, 2.75) is 27.2 Å². The summed E-state index contributed by atoms with van der Waals surface area (Å²) in [4.78, 5) is 14.0. The summed E-state index contributed by atoms with van der Waals surface area (Å²) in [5.74, 6) is 1.12. The van der Waals surface area contributed by atoms with Crippen LogP contribution >= 0.6 is 0 Å². The predicted octanol–water partition coefficient (Wildman–Crippen LogP) is 2.33. The zero-order valence-corrected chi connectivity index (χ0v) is 13.1. The molecule has 1 aromatic rings. The van der Waals surface area contributed by atoms with E-state index in [-0.39, 0.29) is 12.5 Å². The highest BCUT2D eigenvalue weighted by molar-refractivity contribution is 5.94. The number of ether oxygens (including phenoxy) is 2. The molecule has 0 bridgehead atoms. The Balaban J connectivity index is 2.97. The Kier molecular flexibility index (Phi) is 7.61. The summed E-state index contributed by atoms with van der Waals surface area (Å²) in [5, 5.41) is 9.01. The molecule has 5 heteroatoms. The van der Waals surface area contributed by atoms with E-state index in [1.54, 1.807) is 23.1 Å². The number of hydrogen-bond acceptors (Lipinski definition) is 4. The molecule has 0 radical (unpaired) electrons. The molecule has 0 aliphatic carbocycles. The largest absolute Gasteiger partial charge is 0.490 e. The molecular formula is C16H25NO4. The van der Waals surface area contributed by atoms with E-state index in [4.69, 9.17) is 14.6 Å². The lowest BCUT2D eigenvalue weighted by molar-refractivity contribution is 0.0731. The van der Waals surface area contributed by atoms with Crippen LogP contribution in [0.4, 0.5) is 0 Å². The van der Waals surface area contributed by atoms with Gasteiger partial charge in [-0.1, -0.05) is 6.92 Å². The van der Waals surface area contributed by atoms with Crippen molar-refractivity contribution in [1.82, 2.24) is 4.90 Å². The molecule has 0 saturated carbocycles. The quantitative estimate of drug-likeness (QED) is 0.759. The molecule has 0 fully saturated rings. The molecular weight excluding hydrogens is 270 g/mol. The van der Waals surface area contributed by atoms with Gasteiger partial charge in [0, 0.05) is 18.7 Å². The summed E-state index contributed by atoms with van der Waals surface area (Å²) in [6.07, 6.45) is 0.909. The van der Waals surface area contributed by atoms with Gasteiger partial charge in [0.05, 0.1) is 19.8 Å². The lowest BCUT2D eigenvalue weighted by Gasteiger charge is -2.20. The predicted molar refractivity (Wildman–Crippen MR) is 82.1 cm³/mol. The van der Waals surface area contributed by atoms with E-state index >= 15 is 0 Å². The van der Waals surface area contributed by atoms with Crippen molar-refractivity contribution < 1.29 is 19.4 Å². The maximum absolute atomic E-state index is 12.4. The van der Waals surface area contributed by atoms with Gasteiger partial charge in [-0.15, -0.1) is 0 Å². The summed E-state index contributed by atoms with van der Waals surface area (Å²) in [5.41, 5.74) is 0.539. The molecule has 1 N–H and O–H groups in total. The van der Waals surface area contributed by atoms with Crippen LogP contribution in [0.2, 0.25) is 0 Å². The Morgan fingerprint density at radius 2 is 1.95 bits per heavy atom. The summed E-state index contributed by atoms with van der Waals surface area (Å²) < 4.78 is 11.2. The second kappa shape index (κ2) is 9.23. The van der Waals surface area contributed by atoms with E-state index in [1.807, 2.05) is 20.8 Å². The Bertz CT molecular complexity index is 448. The van der Waals surface area contributed by atoms with Gasteiger partial charge in [0.15, 0.2) is 11.5 Å². The van der Waals surface area contributed by atoms with Crippen molar-refractivity contribution in [3.63, 3.8) is 0 Å². The summed E-state index contributed by atoms with van der Waals surface area (Å²) in [6, 6.07) is 5.20. The summed E-state index contributed by atoms with van der Waals surface area (Å²) >= 11 is 0. The van der Waals surface area contributed by atoms with E-state index in [0.717, 1.165) is 6.42 Å². The number of aliphatic hydroxyl groups excluding tert-OH is 1. The molecule has 0 spiro atoms. The fraction of sp³-hybridized carbons (Fsp3) is 0.562. The topological polar surface area (TPSA) is 59.0 Å². The van der Waals surface area contributed by atoms with Crippen LogP contribution in [0.25, 0.3) is 0 Å². The fourth-order valence-corrected chi connectivity index (χ4v) is 1.95. The van der Waals surface area contributed by atoms with Gasteiger partial charge >= 0.3 is 0 Å². The molecule has 0 unspecified atom stereocenters. The monoisotopic (exact) mass is 295 g/mol. The second-order valence-corrected chi connectivity index (χ2v) is 4.55. The fourth-order valence-electron chi connectivity index (χ4n) is 1.95. The van der Waals surface area contributed by atoms with Crippen LogP contribution in [0, 0.1) is 0 Å². The van der Waals surface area contributed by atoms with Crippen LogP contribution in [0.1, 0.15) is 37.6 Å². The average Bonchev–Trinajstić information content (AvgIpc) is 2.51. The van der Waals surface area contributed by atoms with Gasteiger partial charge in [0.1, 0.15) is 0 Å². The van der Waals surface area contributed by atoms with Gasteiger partial charge in [-0.25, -0.2) is 0 Å². The van der Waals surface area contributed by atoms with Crippen LogP contribution in [0.5, 0.6) is 11.5 Å². The molecule has 0 heterocycles. The number of nitrogens with zero attached hydrogens (tertiary/aromatic N) is 1. The van der Waals surface area contributed by atoms with Crippen LogP contribution in [-0.2, 0) is 0 Å². The van der Waals surface area contributed by atoms with Crippen molar-refractivity contribution in [2.24, 2.45) is 0 Å². The van der Waals surface area contributed by atoms with Crippen molar-refractivity contribution in [3.05, 3.63) is 23.8 Å². The van der Waals surface area contributed by atoms with E-state index < -0.39 is 0 Å². The molecule has 0 aliphatic rings. The lowest BCUT2D eigenvalue weighted by Crippen LogP contribution is -2.33. The Labute approximate surface area is 126 Å². The first-order valence-electron chi connectivity index (χ1n) is 7.47. The number of benzene rings is 1. The van der Waals surface area contributed by atoms with Crippen LogP contribution in [0.3, 0.4) is 0 Å². The third-order valence-corrected chi connectivity index (χ3v) is 2.99. The van der Waals surface area contributed by atoms with Gasteiger partial charge in [-0.05, 0) is 38.5 Å². The molecule has 0 aromatic heterocycles. The molecule has 0 aliphatic heterocycles. The van der Waals surface area contributed by atoms with Gasteiger partial charge in [-0.2, -0.15) is 0 Å². The first-order chi connectivity index (χ1) is 10.2. The summed E-state index contributed by atoms with van der Waals surface area (Å²) in [6.45, 7) is 7.76. The molecule has 0 saturated heterocycles. The molecule has 1 aromatic carbocycles. The third kappa shape index (κ3) is 4.93. The minimum absolute atomic E-state index is 0.0460. The maximum Gasteiger partial charge on any atom is 0.254 e. The number of rotatable bonds is 9. The van der Waals surface area contributed by atoms with E-state index in [2.05, 4.69) is 0 Å². The number of aliphatic hydroxyl groups is 1. The van der Waals surface area contributed by atoms with E-state index in [0.29, 0.717) is 43.4 Å². The van der Waals surface area contributed by atoms with Crippen LogP contribution in [0.15, 0.2) is 18.2 Å². The molecule has 1 amide bonds. The number of carbonyl (C=O) groups is 1. The highest BCUT2D eigenvalue weighted by atomic mass is 16.5. The Hall–Kier alpha value is -1.75. The smallest absolute Gasteiger partial charge is 0.254 e. The minimum Gasteiger partial charge on any atom is -0.490 e. The zero-order valence-electron chi connectivity index (χ0n) is 13.1. The zero-order chi connectivity index (χ0) is 15.7. The molecule has 21 heavy (non-hydrogen) atoms. The molecule has 118 valence electrons. The van der Waals surface area contributed by atoms with Crippen molar-refractivity contribution in [2.75, 3.05) is 32.9 Å². The standard InChI is InChI=1S/C16H25NO4/c1-4-11-21-14-8-7-13(12-15(14)20-6-3)16(19)17(5-2)9-10-18/h7-8,12,18H,4-6,9-11H2,1-3H3. The lowest BCUT2D eigenvalue weighted by atomic mass is 10.1. The van der Waals surface area contributed by atoms with E-state index in [1.165, 1.54) is 0 Å². The summed E-state index contributed by atoms with van der Waals surface area (Å²) in [7, 11) is 0. The van der Waals surface area contributed by atoms with Gasteiger partial charge < -0.3 is 19.5 Å². The minimum atomic E-state index is -0.116. The first kappa shape index (κ1) is 17.3. The highest BCUT2D eigenvalue weighted by Crippen LogP contribution is 2.29. The van der Waals surface area contributed by atoms with Gasteiger partial charge in [0.25, 0.3) is 5.91 Å². The second-order valence-electron chi connectivity index (χ2n) is 4.55. The number of amides is 1. The Morgan fingerprint density at radius 1 is 1.19 bits per heavy atom. The van der Waals surface area contributed by atoms with Crippen LogP contribution < -0.4 is 9.47 Å². The van der Waals surface area contributed by atoms with Crippen LogP contribution in [-0.4, -0.2) is 48.8 Å². The first-order valence-corrected chi connectivity index (χ1v) is 7.47. The normalized spacial score (nSPS) is 10.3. The highest BCUT2D eigenvalue weighted by Gasteiger charge is 2.16. The van der Waals surface area contributed by atoms with Crippen molar-refractivity contribution in [3.8, 4) is 11.5 Å².